The predicted molar refractivity (Wildman–Crippen MR) is 74.1 cm³/mol. The number of ether oxygens (including phenoxy) is 1. The molecular weight excluding hydrogens is 224 g/mol. The number of rotatable bonds is 4. The minimum atomic E-state index is 0.254. The Labute approximate surface area is 109 Å². The van der Waals surface area contributed by atoms with E-state index >= 15 is 0 Å². The third-order valence-electron chi connectivity index (χ3n) is 4.33. The summed E-state index contributed by atoms with van der Waals surface area (Å²) < 4.78 is 5.15. The first-order valence-corrected chi connectivity index (χ1v) is 6.93. The number of hydrogen-bond donors (Lipinski definition) is 1. The summed E-state index contributed by atoms with van der Waals surface area (Å²) in [5.41, 5.74) is 10.6. The normalized spacial score (nSPS) is 25.3. The number of hydrogen-bond acceptors (Lipinski definition) is 3. The Morgan fingerprint density at radius 3 is 3.17 bits per heavy atom. The predicted octanol–water partition coefficient (Wildman–Crippen LogP) is 2.42. The van der Waals surface area contributed by atoms with Gasteiger partial charge in [0.2, 0.25) is 0 Å². The lowest BCUT2D eigenvalue weighted by atomic mass is 9.91. The maximum absolute atomic E-state index is 6.24. The minimum absolute atomic E-state index is 0.254. The van der Waals surface area contributed by atoms with Crippen molar-refractivity contribution >= 4 is 5.69 Å². The van der Waals surface area contributed by atoms with E-state index in [9.17, 15) is 0 Å². The summed E-state index contributed by atoms with van der Waals surface area (Å²) >= 11 is 0. The van der Waals surface area contributed by atoms with Gasteiger partial charge in [-0.05, 0) is 42.4 Å². The van der Waals surface area contributed by atoms with E-state index in [0.717, 1.165) is 32.5 Å². The highest BCUT2D eigenvalue weighted by atomic mass is 16.5. The Bertz CT molecular complexity index is 433. The van der Waals surface area contributed by atoms with Gasteiger partial charge in [0.05, 0.1) is 0 Å². The van der Waals surface area contributed by atoms with E-state index in [4.69, 9.17) is 10.5 Å². The molecule has 1 heterocycles. The largest absolute Gasteiger partial charge is 0.385 e. The monoisotopic (exact) mass is 246 g/mol. The second-order valence-corrected chi connectivity index (χ2v) is 5.44. The van der Waals surface area contributed by atoms with Crippen LogP contribution in [0.1, 0.15) is 42.3 Å². The highest BCUT2D eigenvalue weighted by molar-refractivity contribution is 5.62. The molecule has 1 aromatic rings. The molecular formula is C15H22N2O. The van der Waals surface area contributed by atoms with Crippen molar-refractivity contribution in [2.45, 2.75) is 31.2 Å². The zero-order valence-corrected chi connectivity index (χ0v) is 11.1. The fourth-order valence-electron chi connectivity index (χ4n) is 3.49. The average Bonchev–Trinajstić information content (AvgIpc) is 2.71. The van der Waals surface area contributed by atoms with Crippen molar-refractivity contribution in [3.05, 3.63) is 29.3 Å². The number of nitrogens with zero attached hydrogens (tertiary/aromatic N) is 1. The summed E-state index contributed by atoms with van der Waals surface area (Å²) in [6.45, 7) is 3.10. The maximum atomic E-state index is 6.24. The number of benzene rings is 1. The highest BCUT2D eigenvalue weighted by Gasteiger charge is 2.34. The van der Waals surface area contributed by atoms with E-state index in [2.05, 4.69) is 23.1 Å². The summed E-state index contributed by atoms with van der Waals surface area (Å²) in [6.07, 6.45) is 3.49. The zero-order chi connectivity index (χ0) is 12.5. The fraction of sp³-hybridized carbons (Fsp3) is 0.600. The van der Waals surface area contributed by atoms with Gasteiger partial charge >= 0.3 is 0 Å². The first-order valence-electron chi connectivity index (χ1n) is 6.93. The summed E-state index contributed by atoms with van der Waals surface area (Å²) in [5.74, 6) is 0.699. The quantitative estimate of drug-likeness (QED) is 0.829. The van der Waals surface area contributed by atoms with E-state index < -0.39 is 0 Å². The molecule has 0 aromatic heterocycles. The fourth-order valence-corrected chi connectivity index (χ4v) is 3.49. The molecule has 2 unspecified atom stereocenters. The molecule has 1 aromatic carbocycles. The molecule has 0 radical (unpaired) electrons. The van der Waals surface area contributed by atoms with Gasteiger partial charge in [-0.3, -0.25) is 0 Å². The van der Waals surface area contributed by atoms with Gasteiger partial charge in [-0.25, -0.2) is 0 Å². The SMILES string of the molecule is COCCCN1CCC2CC(N)c3cccc1c32. The van der Waals surface area contributed by atoms with Crippen molar-refractivity contribution in [1.82, 2.24) is 0 Å². The van der Waals surface area contributed by atoms with Crippen LogP contribution in [0.3, 0.4) is 0 Å². The Balaban J connectivity index is 1.85. The summed E-state index contributed by atoms with van der Waals surface area (Å²) in [7, 11) is 1.77. The van der Waals surface area contributed by atoms with Crippen LogP contribution in [0.25, 0.3) is 0 Å². The van der Waals surface area contributed by atoms with E-state index in [-0.39, 0.29) is 6.04 Å². The van der Waals surface area contributed by atoms with Gasteiger partial charge < -0.3 is 15.4 Å². The Kier molecular flexibility index (Phi) is 3.27. The molecule has 0 fully saturated rings. The molecule has 3 nitrogen and oxygen atoms in total. The molecule has 0 saturated heterocycles. The van der Waals surface area contributed by atoms with Crippen LogP contribution >= 0.6 is 0 Å². The lowest BCUT2D eigenvalue weighted by Crippen LogP contribution is -2.31. The third-order valence-corrected chi connectivity index (χ3v) is 4.33. The van der Waals surface area contributed by atoms with Crippen LogP contribution < -0.4 is 10.6 Å². The molecule has 2 atom stereocenters. The van der Waals surface area contributed by atoms with Gasteiger partial charge in [-0.1, -0.05) is 12.1 Å². The molecule has 3 heteroatoms. The first kappa shape index (κ1) is 12.0. The Morgan fingerprint density at radius 1 is 1.44 bits per heavy atom. The standard InChI is InChI=1S/C15H22N2O/c1-18-9-3-7-17-8-6-11-10-13(16)12-4-2-5-14(17)15(11)12/h2,4-5,11,13H,3,6-10,16H2,1H3. The second-order valence-electron chi connectivity index (χ2n) is 5.44. The van der Waals surface area contributed by atoms with Crippen LogP contribution in [0.2, 0.25) is 0 Å². The van der Waals surface area contributed by atoms with Gasteiger partial charge in [0.25, 0.3) is 0 Å². The van der Waals surface area contributed by atoms with Gasteiger partial charge in [-0.2, -0.15) is 0 Å². The lowest BCUT2D eigenvalue weighted by molar-refractivity contribution is 0.196. The van der Waals surface area contributed by atoms with Crippen LogP contribution in [-0.2, 0) is 4.74 Å². The van der Waals surface area contributed by atoms with Crippen molar-refractivity contribution in [2.24, 2.45) is 5.73 Å². The summed E-state index contributed by atoms with van der Waals surface area (Å²) in [4.78, 5) is 2.51. The summed E-state index contributed by atoms with van der Waals surface area (Å²) in [6, 6.07) is 6.88. The topological polar surface area (TPSA) is 38.5 Å². The van der Waals surface area contributed by atoms with E-state index in [1.165, 1.54) is 23.2 Å². The molecule has 1 aliphatic heterocycles. The van der Waals surface area contributed by atoms with Crippen LogP contribution in [0, 0.1) is 0 Å². The van der Waals surface area contributed by atoms with Gasteiger partial charge in [0.1, 0.15) is 0 Å². The maximum Gasteiger partial charge on any atom is 0.0479 e. The number of anilines is 1. The van der Waals surface area contributed by atoms with Crippen LogP contribution in [0.5, 0.6) is 0 Å². The van der Waals surface area contributed by atoms with Gasteiger partial charge in [0, 0.05) is 38.5 Å². The van der Waals surface area contributed by atoms with Crippen molar-refractivity contribution in [3.63, 3.8) is 0 Å². The zero-order valence-electron chi connectivity index (χ0n) is 11.1. The molecule has 2 aliphatic rings. The molecule has 1 aliphatic carbocycles. The van der Waals surface area contributed by atoms with E-state index in [1.54, 1.807) is 7.11 Å². The number of nitrogens with two attached hydrogens (primary N) is 1. The van der Waals surface area contributed by atoms with Crippen molar-refractivity contribution < 1.29 is 4.74 Å². The molecule has 18 heavy (non-hydrogen) atoms. The van der Waals surface area contributed by atoms with E-state index in [0.29, 0.717) is 5.92 Å². The molecule has 0 bridgehead atoms. The van der Waals surface area contributed by atoms with Crippen LogP contribution in [0.15, 0.2) is 18.2 Å². The highest BCUT2D eigenvalue weighted by Crippen LogP contribution is 2.48. The average molecular weight is 246 g/mol. The molecule has 0 saturated carbocycles. The van der Waals surface area contributed by atoms with Gasteiger partial charge in [0.15, 0.2) is 0 Å². The lowest BCUT2D eigenvalue weighted by Gasteiger charge is -2.34. The second kappa shape index (κ2) is 4.90. The van der Waals surface area contributed by atoms with Crippen LogP contribution in [-0.4, -0.2) is 26.8 Å². The smallest absolute Gasteiger partial charge is 0.0479 e. The van der Waals surface area contributed by atoms with Crippen LogP contribution in [0.4, 0.5) is 5.69 Å². The molecule has 0 spiro atoms. The van der Waals surface area contributed by atoms with Crippen molar-refractivity contribution in [2.75, 3.05) is 31.7 Å². The van der Waals surface area contributed by atoms with E-state index in [1.807, 2.05) is 0 Å². The van der Waals surface area contributed by atoms with Crippen molar-refractivity contribution in [3.8, 4) is 0 Å². The molecule has 98 valence electrons. The number of methoxy groups -OCH3 is 1. The van der Waals surface area contributed by atoms with Crippen molar-refractivity contribution in [1.29, 1.82) is 0 Å². The van der Waals surface area contributed by atoms with Gasteiger partial charge in [-0.15, -0.1) is 0 Å². The Morgan fingerprint density at radius 2 is 2.33 bits per heavy atom. The minimum Gasteiger partial charge on any atom is -0.385 e. The summed E-state index contributed by atoms with van der Waals surface area (Å²) in [5, 5.41) is 0. The third kappa shape index (κ3) is 1.91. The molecule has 2 N–H and O–H groups in total. The molecule has 0 amide bonds. The first-order chi connectivity index (χ1) is 8.81. The molecule has 3 rings (SSSR count). The Hall–Kier alpha value is -1.06.